The van der Waals surface area contributed by atoms with E-state index in [-0.39, 0.29) is 22.2 Å². The smallest absolute Gasteiger partial charge is 0.288 e. The highest BCUT2D eigenvalue weighted by Gasteiger charge is 2.25. The average molecular weight is 398 g/mol. The van der Waals surface area contributed by atoms with Crippen LogP contribution in [0.2, 0.25) is 5.02 Å². The Labute approximate surface area is 165 Å². The number of nitrogens with zero attached hydrogens (tertiary/aromatic N) is 5. The summed E-state index contributed by atoms with van der Waals surface area (Å²) in [6.07, 6.45) is 1.74. The second-order valence-corrected chi connectivity index (χ2v) is 6.83. The molecule has 0 spiro atoms. The molecule has 28 heavy (non-hydrogen) atoms. The Balaban J connectivity index is 1.46. The maximum Gasteiger partial charge on any atom is 0.288 e. The molecule has 142 valence electrons. The third-order valence-corrected chi connectivity index (χ3v) is 5.04. The van der Waals surface area contributed by atoms with Gasteiger partial charge in [-0.3, -0.25) is 19.9 Å². The Kier molecular flexibility index (Phi) is 4.79. The molecule has 9 heteroatoms. The van der Waals surface area contributed by atoms with E-state index in [0.717, 1.165) is 16.9 Å². The van der Waals surface area contributed by atoms with Crippen molar-refractivity contribution >= 4 is 40.0 Å². The van der Waals surface area contributed by atoms with E-state index >= 15 is 0 Å². The summed E-state index contributed by atoms with van der Waals surface area (Å²) in [6.45, 7) is 2.19. The molecule has 2 heterocycles. The van der Waals surface area contributed by atoms with Gasteiger partial charge in [0.25, 0.3) is 11.6 Å². The minimum Gasteiger partial charge on any atom is -0.352 e. The molecule has 1 aliphatic rings. The SMILES string of the molecule is O=C(c1ccc(Cl)c([N+](=O)[O-])c1)N1CCN(c2cnc3ccccc3n2)CC1. The van der Waals surface area contributed by atoms with E-state index in [9.17, 15) is 14.9 Å². The Morgan fingerprint density at radius 1 is 1.07 bits per heavy atom. The highest BCUT2D eigenvalue weighted by molar-refractivity contribution is 6.32. The molecule has 0 unspecified atom stereocenters. The van der Waals surface area contributed by atoms with Crippen LogP contribution in [-0.2, 0) is 0 Å². The van der Waals surface area contributed by atoms with E-state index in [0.29, 0.717) is 26.2 Å². The zero-order valence-electron chi connectivity index (χ0n) is 14.8. The van der Waals surface area contributed by atoms with Crippen LogP contribution < -0.4 is 4.90 Å². The van der Waals surface area contributed by atoms with E-state index in [2.05, 4.69) is 14.9 Å². The molecule has 1 saturated heterocycles. The number of carbonyl (C=O) groups excluding carboxylic acids is 1. The predicted octanol–water partition coefficient (Wildman–Crippen LogP) is 3.15. The predicted molar refractivity (Wildman–Crippen MR) is 106 cm³/mol. The lowest BCUT2D eigenvalue weighted by atomic mass is 10.1. The quantitative estimate of drug-likeness (QED) is 0.498. The van der Waals surface area contributed by atoms with Gasteiger partial charge in [0, 0.05) is 37.8 Å². The van der Waals surface area contributed by atoms with Crippen molar-refractivity contribution in [2.24, 2.45) is 0 Å². The zero-order chi connectivity index (χ0) is 19.7. The zero-order valence-corrected chi connectivity index (χ0v) is 15.5. The van der Waals surface area contributed by atoms with Gasteiger partial charge in [-0.15, -0.1) is 0 Å². The Bertz CT molecular complexity index is 1070. The lowest BCUT2D eigenvalue weighted by Crippen LogP contribution is -2.49. The highest BCUT2D eigenvalue weighted by atomic mass is 35.5. The topological polar surface area (TPSA) is 92.5 Å². The van der Waals surface area contributed by atoms with Crippen molar-refractivity contribution < 1.29 is 9.72 Å². The van der Waals surface area contributed by atoms with Crippen molar-refractivity contribution in [3.63, 3.8) is 0 Å². The van der Waals surface area contributed by atoms with Crippen molar-refractivity contribution in [1.82, 2.24) is 14.9 Å². The molecule has 0 N–H and O–H groups in total. The molecule has 1 fully saturated rings. The Hall–Kier alpha value is -3.26. The first-order chi connectivity index (χ1) is 13.5. The van der Waals surface area contributed by atoms with Crippen LogP contribution in [0.4, 0.5) is 11.5 Å². The number of amides is 1. The van der Waals surface area contributed by atoms with Crippen molar-refractivity contribution in [2.75, 3.05) is 31.1 Å². The van der Waals surface area contributed by atoms with E-state index in [1.807, 2.05) is 24.3 Å². The van der Waals surface area contributed by atoms with Gasteiger partial charge in [-0.25, -0.2) is 4.98 Å². The lowest BCUT2D eigenvalue weighted by Gasteiger charge is -2.35. The van der Waals surface area contributed by atoms with Gasteiger partial charge in [0.2, 0.25) is 0 Å². The van der Waals surface area contributed by atoms with Crippen molar-refractivity contribution in [2.45, 2.75) is 0 Å². The summed E-state index contributed by atoms with van der Waals surface area (Å²) in [5.41, 5.74) is 1.66. The third-order valence-electron chi connectivity index (χ3n) is 4.72. The number of rotatable bonds is 3. The first-order valence-corrected chi connectivity index (χ1v) is 9.11. The maximum absolute atomic E-state index is 12.7. The van der Waals surface area contributed by atoms with Gasteiger partial charge in [-0.1, -0.05) is 23.7 Å². The molecule has 3 aromatic rings. The highest BCUT2D eigenvalue weighted by Crippen LogP contribution is 2.26. The number of nitro benzene ring substituents is 1. The van der Waals surface area contributed by atoms with Crippen LogP contribution >= 0.6 is 11.6 Å². The summed E-state index contributed by atoms with van der Waals surface area (Å²) in [5.74, 6) is 0.525. The van der Waals surface area contributed by atoms with Crippen molar-refractivity contribution in [3.8, 4) is 0 Å². The van der Waals surface area contributed by atoms with Gasteiger partial charge in [0.1, 0.15) is 10.8 Å². The summed E-state index contributed by atoms with van der Waals surface area (Å²) in [7, 11) is 0. The molecule has 4 rings (SSSR count). The molecule has 8 nitrogen and oxygen atoms in total. The molecule has 0 saturated carbocycles. The number of hydrogen-bond donors (Lipinski definition) is 0. The monoisotopic (exact) mass is 397 g/mol. The molecule has 1 aromatic heterocycles. The summed E-state index contributed by atoms with van der Waals surface area (Å²) < 4.78 is 0. The van der Waals surface area contributed by atoms with Gasteiger partial charge >= 0.3 is 0 Å². The van der Waals surface area contributed by atoms with E-state index in [1.165, 1.54) is 18.2 Å². The maximum atomic E-state index is 12.7. The fourth-order valence-corrected chi connectivity index (χ4v) is 3.39. The number of para-hydroxylation sites is 2. The van der Waals surface area contributed by atoms with Crippen LogP contribution in [0.25, 0.3) is 11.0 Å². The van der Waals surface area contributed by atoms with Crippen LogP contribution in [0.1, 0.15) is 10.4 Å². The number of piperazine rings is 1. The number of hydrogen-bond acceptors (Lipinski definition) is 6. The summed E-state index contributed by atoms with van der Waals surface area (Å²) >= 11 is 5.82. The molecule has 0 bridgehead atoms. The number of carbonyl (C=O) groups is 1. The summed E-state index contributed by atoms with van der Waals surface area (Å²) in [5, 5.41) is 11.1. The second kappa shape index (κ2) is 7.40. The Morgan fingerprint density at radius 3 is 2.50 bits per heavy atom. The first-order valence-electron chi connectivity index (χ1n) is 8.73. The van der Waals surface area contributed by atoms with E-state index in [1.54, 1.807) is 11.1 Å². The van der Waals surface area contributed by atoms with Crippen LogP contribution in [0.5, 0.6) is 0 Å². The minimum absolute atomic E-state index is 0.0150. The number of nitro groups is 1. The van der Waals surface area contributed by atoms with Crippen LogP contribution in [-0.4, -0.2) is 51.9 Å². The minimum atomic E-state index is -0.588. The molecular formula is C19H16ClN5O3. The van der Waals surface area contributed by atoms with E-state index in [4.69, 9.17) is 11.6 Å². The number of anilines is 1. The second-order valence-electron chi connectivity index (χ2n) is 6.42. The van der Waals surface area contributed by atoms with Crippen molar-refractivity contribution in [3.05, 3.63) is 69.4 Å². The Morgan fingerprint density at radius 2 is 1.79 bits per heavy atom. The van der Waals surface area contributed by atoms with Crippen LogP contribution in [0.15, 0.2) is 48.7 Å². The number of aromatic nitrogens is 2. The van der Waals surface area contributed by atoms with E-state index < -0.39 is 4.92 Å². The van der Waals surface area contributed by atoms with Crippen LogP contribution in [0.3, 0.4) is 0 Å². The van der Waals surface area contributed by atoms with Gasteiger partial charge < -0.3 is 9.80 Å². The van der Waals surface area contributed by atoms with Gasteiger partial charge in [-0.05, 0) is 24.3 Å². The largest absolute Gasteiger partial charge is 0.352 e. The molecular weight excluding hydrogens is 382 g/mol. The lowest BCUT2D eigenvalue weighted by molar-refractivity contribution is -0.384. The molecule has 1 amide bonds. The van der Waals surface area contributed by atoms with Gasteiger partial charge in [0.05, 0.1) is 22.2 Å². The fraction of sp³-hybridized carbons (Fsp3) is 0.211. The number of fused-ring (bicyclic) bond motifs is 1. The third kappa shape index (κ3) is 3.46. The van der Waals surface area contributed by atoms with Crippen molar-refractivity contribution in [1.29, 1.82) is 0 Å². The van der Waals surface area contributed by atoms with Gasteiger partial charge in [0.15, 0.2) is 0 Å². The normalized spacial score (nSPS) is 14.3. The molecule has 0 radical (unpaired) electrons. The first kappa shape index (κ1) is 18.1. The standard InChI is InChI=1S/C19H16ClN5O3/c20-14-6-5-13(11-17(14)25(27)28)19(26)24-9-7-23(8-10-24)18-12-21-15-3-1-2-4-16(15)22-18/h1-6,11-12H,7-10H2. The summed E-state index contributed by atoms with van der Waals surface area (Å²) in [6, 6.07) is 11.8. The molecule has 0 aliphatic carbocycles. The molecule has 2 aromatic carbocycles. The number of benzene rings is 2. The molecule has 0 atom stereocenters. The number of halogens is 1. The average Bonchev–Trinajstić information content (AvgIpc) is 2.73. The fourth-order valence-electron chi connectivity index (χ4n) is 3.21. The summed E-state index contributed by atoms with van der Waals surface area (Å²) in [4.78, 5) is 36.0. The van der Waals surface area contributed by atoms with Crippen LogP contribution in [0, 0.1) is 10.1 Å². The molecule has 1 aliphatic heterocycles. The van der Waals surface area contributed by atoms with Gasteiger partial charge in [-0.2, -0.15) is 0 Å².